The molecule has 4 nitrogen and oxygen atoms in total. The SMILES string of the molecule is CC(C)Oc1ccc(C(=O)NC2CCCC2=O)cc1. The number of hydrogen-bond acceptors (Lipinski definition) is 3. The van der Waals surface area contributed by atoms with Crippen molar-refractivity contribution in [3.8, 4) is 5.75 Å². The third-order valence-electron chi connectivity index (χ3n) is 3.10. The van der Waals surface area contributed by atoms with E-state index in [4.69, 9.17) is 4.74 Å². The Kier molecular flexibility index (Phi) is 4.20. The fraction of sp³-hybridized carbons (Fsp3) is 0.467. The number of hydrogen-bond donors (Lipinski definition) is 1. The monoisotopic (exact) mass is 261 g/mol. The van der Waals surface area contributed by atoms with Gasteiger partial charge in [-0.2, -0.15) is 0 Å². The van der Waals surface area contributed by atoms with E-state index in [1.54, 1.807) is 24.3 Å². The lowest BCUT2D eigenvalue weighted by molar-refractivity contribution is -0.118. The summed E-state index contributed by atoms with van der Waals surface area (Å²) >= 11 is 0. The molecule has 102 valence electrons. The number of Topliss-reactive ketones (excluding diaryl/α,β-unsaturated/α-hetero) is 1. The average molecular weight is 261 g/mol. The third-order valence-corrected chi connectivity index (χ3v) is 3.10. The first-order valence-corrected chi connectivity index (χ1v) is 6.66. The van der Waals surface area contributed by atoms with Crippen molar-refractivity contribution in [1.29, 1.82) is 0 Å². The van der Waals surface area contributed by atoms with E-state index in [0.29, 0.717) is 12.0 Å². The van der Waals surface area contributed by atoms with E-state index in [2.05, 4.69) is 5.32 Å². The van der Waals surface area contributed by atoms with Crippen molar-refractivity contribution in [3.05, 3.63) is 29.8 Å². The van der Waals surface area contributed by atoms with Crippen LogP contribution >= 0.6 is 0 Å². The Morgan fingerprint density at radius 2 is 2.00 bits per heavy atom. The first-order chi connectivity index (χ1) is 9.06. The summed E-state index contributed by atoms with van der Waals surface area (Å²) in [6.07, 6.45) is 2.30. The maximum absolute atomic E-state index is 12.0. The third kappa shape index (κ3) is 3.56. The second-order valence-electron chi connectivity index (χ2n) is 5.08. The second-order valence-corrected chi connectivity index (χ2v) is 5.08. The van der Waals surface area contributed by atoms with E-state index < -0.39 is 0 Å². The first-order valence-electron chi connectivity index (χ1n) is 6.66. The van der Waals surface area contributed by atoms with Crippen LogP contribution in [0.15, 0.2) is 24.3 Å². The molecular formula is C15H19NO3. The molecule has 0 heterocycles. The molecule has 1 N–H and O–H groups in total. The quantitative estimate of drug-likeness (QED) is 0.905. The normalized spacial score (nSPS) is 18.7. The van der Waals surface area contributed by atoms with Crippen LogP contribution in [-0.2, 0) is 4.79 Å². The Morgan fingerprint density at radius 1 is 1.32 bits per heavy atom. The number of rotatable bonds is 4. The number of ketones is 1. The van der Waals surface area contributed by atoms with Crippen LogP contribution in [0.3, 0.4) is 0 Å². The number of benzene rings is 1. The van der Waals surface area contributed by atoms with Gasteiger partial charge in [0.2, 0.25) is 0 Å². The van der Waals surface area contributed by atoms with E-state index >= 15 is 0 Å². The molecule has 19 heavy (non-hydrogen) atoms. The summed E-state index contributed by atoms with van der Waals surface area (Å²) < 4.78 is 5.51. The number of amides is 1. The van der Waals surface area contributed by atoms with Gasteiger partial charge in [-0.15, -0.1) is 0 Å². The molecule has 0 spiro atoms. The van der Waals surface area contributed by atoms with Crippen LogP contribution < -0.4 is 10.1 Å². The molecule has 0 bridgehead atoms. The van der Waals surface area contributed by atoms with Crippen LogP contribution in [0, 0.1) is 0 Å². The number of nitrogens with one attached hydrogen (secondary N) is 1. The summed E-state index contributed by atoms with van der Waals surface area (Å²) in [5.41, 5.74) is 0.552. The summed E-state index contributed by atoms with van der Waals surface area (Å²) in [4.78, 5) is 23.5. The lowest BCUT2D eigenvalue weighted by Crippen LogP contribution is -2.37. The molecule has 1 unspecified atom stereocenters. The molecule has 2 rings (SSSR count). The van der Waals surface area contributed by atoms with E-state index in [9.17, 15) is 9.59 Å². The van der Waals surface area contributed by atoms with Crippen molar-refractivity contribution in [2.45, 2.75) is 45.3 Å². The molecule has 1 atom stereocenters. The van der Waals surface area contributed by atoms with Gasteiger partial charge in [-0.25, -0.2) is 0 Å². The smallest absolute Gasteiger partial charge is 0.251 e. The summed E-state index contributed by atoms with van der Waals surface area (Å²) in [5, 5.41) is 2.78. The molecule has 0 radical (unpaired) electrons. The Balaban J connectivity index is 1.97. The molecule has 0 aliphatic heterocycles. The molecule has 4 heteroatoms. The lowest BCUT2D eigenvalue weighted by Gasteiger charge is -2.12. The van der Waals surface area contributed by atoms with Crippen LogP contribution in [0.1, 0.15) is 43.5 Å². The Bertz CT molecular complexity index is 465. The Morgan fingerprint density at radius 3 is 2.53 bits per heavy atom. The van der Waals surface area contributed by atoms with Crippen LogP contribution in [0.4, 0.5) is 0 Å². The first kappa shape index (κ1) is 13.6. The van der Waals surface area contributed by atoms with Crippen molar-refractivity contribution in [1.82, 2.24) is 5.32 Å². The highest BCUT2D eigenvalue weighted by atomic mass is 16.5. The Labute approximate surface area is 113 Å². The molecule has 0 saturated heterocycles. The molecule has 1 aromatic carbocycles. The number of carbonyl (C=O) groups is 2. The predicted molar refractivity (Wildman–Crippen MR) is 72.3 cm³/mol. The highest BCUT2D eigenvalue weighted by Gasteiger charge is 2.25. The van der Waals surface area contributed by atoms with Crippen LogP contribution in [0.2, 0.25) is 0 Å². The number of carbonyl (C=O) groups excluding carboxylic acids is 2. The van der Waals surface area contributed by atoms with Crippen molar-refractivity contribution in [2.24, 2.45) is 0 Å². The van der Waals surface area contributed by atoms with Gasteiger partial charge >= 0.3 is 0 Å². The molecule has 0 aromatic heterocycles. The van der Waals surface area contributed by atoms with Crippen molar-refractivity contribution < 1.29 is 14.3 Å². The fourth-order valence-corrected chi connectivity index (χ4v) is 2.17. The second kappa shape index (κ2) is 5.87. The lowest BCUT2D eigenvalue weighted by atomic mass is 10.1. The highest BCUT2D eigenvalue weighted by molar-refractivity contribution is 5.98. The predicted octanol–water partition coefficient (Wildman–Crippen LogP) is 2.33. The minimum Gasteiger partial charge on any atom is -0.491 e. The van der Waals surface area contributed by atoms with E-state index in [0.717, 1.165) is 18.6 Å². The van der Waals surface area contributed by atoms with E-state index in [1.807, 2.05) is 13.8 Å². The van der Waals surface area contributed by atoms with Gasteiger partial charge in [0.15, 0.2) is 5.78 Å². The van der Waals surface area contributed by atoms with Gasteiger partial charge < -0.3 is 10.1 Å². The summed E-state index contributed by atoms with van der Waals surface area (Å²) in [7, 11) is 0. The minimum atomic E-state index is -0.306. The zero-order chi connectivity index (χ0) is 13.8. The van der Waals surface area contributed by atoms with Gasteiger partial charge in [0, 0.05) is 12.0 Å². The zero-order valence-electron chi connectivity index (χ0n) is 11.3. The maximum atomic E-state index is 12.0. The van der Waals surface area contributed by atoms with Gasteiger partial charge in [0.1, 0.15) is 5.75 Å². The van der Waals surface area contributed by atoms with Gasteiger partial charge in [0.05, 0.1) is 12.1 Å². The molecule has 1 aliphatic carbocycles. The van der Waals surface area contributed by atoms with Crippen LogP contribution in [0.25, 0.3) is 0 Å². The van der Waals surface area contributed by atoms with Gasteiger partial charge in [-0.1, -0.05) is 0 Å². The minimum absolute atomic E-state index is 0.107. The molecular weight excluding hydrogens is 242 g/mol. The van der Waals surface area contributed by atoms with Gasteiger partial charge in [-0.3, -0.25) is 9.59 Å². The number of ether oxygens (including phenoxy) is 1. The van der Waals surface area contributed by atoms with E-state index in [1.165, 1.54) is 0 Å². The van der Waals surface area contributed by atoms with Gasteiger partial charge in [-0.05, 0) is 51.0 Å². The largest absolute Gasteiger partial charge is 0.491 e. The summed E-state index contributed by atoms with van der Waals surface area (Å²) in [6.45, 7) is 3.90. The Hall–Kier alpha value is -1.84. The molecule has 1 aromatic rings. The average Bonchev–Trinajstić information content (AvgIpc) is 2.75. The van der Waals surface area contributed by atoms with Gasteiger partial charge in [0.25, 0.3) is 5.91 Å². The summed E-state index contributed by atoms with van der Waals surface area (Å²) in [5.74, 6) is 0.674. The summed E-state index contributed by atoms with van der Waals surface area (Å²) in [6, 6.07) is 6.66. The zero-order valence-corrected chi connectivity index (χ0v) is 11.3. The van der Waals surface area contributed by atoms with E-state index in [-0.39, 0.29) is 23.8 Å². The fourth-order valence-electron chi connectivity index (χ4n) is 2.17. The van der Waals surface area contributed by atoms with Crippen molar-refractivity contribution in [2.75, 3.05) is 0 Å². The van der Waals surface area contributed by atoms with Crippen molar-refractivity contribution >= 4 is 11.7 Å². The molecule has 1 saturated carbocycles. The highest BCUT2D eigenvalue weighted by Crippen LogP contribution is 2.16. The maximum Gasteiger partial charge on any atom is 0.251 e. The molecule has 1 amide bonds. The standard InChI is InChI=1S/C15H19NO3/c1-10(2)19-12-8-6-11(7-9-12)15(18)16-13-4-3-5-14(13)17/h6-10,13H,3-5H2,1-2H3,(H,16,18). The van der Waals surface area contributed by atoms with Crippen LogP contribution in [-0.4, -0.2) is 23.8 Å². The van der Waals surface area contributed by atoms with Crippen LogP contribution in [0.5, 0.6) is 5.75 Å². The molecule has 1 fully saturated rings. The topological polar surface area (TPSA) is 55.4 Å². The molecule has 1 aliphatic rings. The van der Waals surface area contributed by atoms with Crippen molar-refractivity contribution in [3.63, 3.8) is 0 Å².